The molecule has 1 N–H and O–H groups in total. The van der Waals surface area contributed by atoms with Gasteiger partial charge in [0.05, 0.1) is 13.0 Å². The van der Waals surface area contributed by atoms with Crippen molar-refractivity contribution in [3.8, 4) is 0 Å². The Hall–Kier alpha value is -1.10. The van der Waals surface area contributed by atoms with Gasteiger partial charge in [0.2, 0.25) is 5.91 Å². The first-order valence-corrected chi connectivity index (χ1v) is 7.20. The first-order chi connectivity index (χ1) is 9.20. The van der Waals surface area contributed by atoms with Crippen molar-refractivity contribution in [1.29, 1.82) is 0 Å². The number of carbonyl (C=O) groups is 2. The lowest BCUT2D eigenvalue weighted by Crippen LogP contribution is -2.45. The molecule has 1 unspecified atom stereocenters. The standard InChI is InChI=1S/C14H23NO4/c1-18-14(17)10-5-7-11(8-6-10)15-13(16)12-4-2-3-9-19-12/h10-12H,2-9H2,1H3,(H,15,16). The van der Waals surface area contributed by atoms with Gasteiger partial charge >= 0.3 is 5.97 Å². The Bertz CT molecular complexity index is 317. The van der Waals surface area contributed by atoms with Crippen molar-refractivity contribution in [2.75, 3.05) is 13.7 Å². The van der Waals surface area contributed by atoms with Gasteiger partial charge in [-0.1, -0.05) is 0 Å². The third-order valence-corrected chi connectivity index (χ3v) is 4.08. The Kier molecular flexibility index (Phi) is 5.19. The number of methoxy groups -OCH3 is 1. The first-order valence-electron chi connectivity index (χ1n) is 7.20. The highest BCUT2D eigenvalue weighted by Crippen LogP contribution is 2.25. The zero-order chi connectivity index (χ0) is 13.7. The van der Waals surface area contributed by atoms with E-state index in [9.17, 15) is 9.59 Å². The minimum absolute atomic E-state index is 0.00378. The minimum atomic E-state index is -0.271. The molecular formula is C14H23NO4. The van der Waals surface area contributed by atoms with E-state index in [-0.39, 0.29) is 29.9 Å². The smallest absolute Gasteiger partial charge is 0.308 e. The summed E-state index contributed by atoms with van der Waals surface area (Å²) in [4.78, 5) is 23.4. The molecule has 2 aliphatic rings. The zero-order valence-electron chi connectivity index (χ0n) is 11.5. The van der Waals surface area contributed by atoms with Crippen molar-refractivity contribution >= 4 is 11.9 Å². The molecule has 1 heterocycles. The molecule has 1 atom stereocenters. The third kappa shape index (κ3) is 3.93. The fourth-order valence-electron chi connectivity index (χ4n) is 2.88. The van der Waals surface area contributed by atoms with Crippen LogP contribution in [0.4, 0.5) is 0 Å². The largest absolute Gasteiger partial charge is 0.469 e. The molecule has 108 valence electrons. The minimum Gasteiger partial charge on any atom is -0.469 e. The summed E-state index contributed by atoms with van der Waals surface area (Å²) in [5.41, 5.74) is 0. The number of ether oxygens (including phenoxy) is 2. The Balaban J connectivity index is 1.72. The Morgan fingerprint density at radius 2 is 1.84 bits per heavy atom. The van der Waals surface area contributed by atoms with Gasteiger partial charge in [0.15, 0.2) is 0 Å². The van der Waals surface area contributed by atoms with E-state index in [0.29, 0.717) is 6.61 Å². The van der Waals surface area contributed by atoms with Crippen LogP contribution in [-0.4, -0.2) is 37.7 Å². The van der Waals surface area contributed by atoms with E-state index in [0.717, 1.165) is 44.9 Å². The number of hydrogen-bond acceptors (Lipinski definition) is 4. The topological polar surface area (TPSA) is 64.6 Å². The number of amides is 1. The molecule has 0 spiro atoms. The van der Waals surface area contributed by atoms with E-state index < -0.39 is 0 Å². The van der Waals surface area contributed by atoms with Crippen molar-refractivity contribution in [2.24, 2.45) is 5.92 Å². The molecule has 19 heavy (non-hydrogen) atoms. The average Bonchev–Trinajstić information content (AvgIpc) is 2.48. The van der Waals surface area contributed by atoms with Gasteiger partial charge in [-0.2, -0.15) is 0 Å². The lowest BCUT2D eigenvalue weighted by atomic mass is 9.86. The van der Waals surface area contributed by atoms with Crippen LogP contribution in [0.1, 0.15) is 44.9 Å². The third-order valence-electron chi connectivity index (χ3n) is 4.08. The molecule has 1 aliphatic carbocycles. The van der Waals surface area contributed by atoms with Crippen LogP contribution >= 0.6 is 0 Å². The Labute approximate surface area is 114 Å². The summed E-state index contributed by atoms with van der Waals surface area (Å²) >= 11 is 0. The second kappa shape index (κ2) is 6.89. The van der Waals surface area contributed by atoms with E-state index >= 15 is 0 Å². The highest BCUT2D eigenvalue weighted by molar-refractivity contribution is 5.81. The second-order valence-corrected chi connectivity index (χ2v) is 5.44. The van der Waals surface area contributed by atoms with Crippen molar-refractivity contribution in [3.63, 3.8) is 0 Å². The van der Waals surface area contributed by atoms with E-state index in [1.54, 1.807) is 0 Å². The van der Waals surface area contributed by atoms with E-state index in [4.69, 9.17) is 9.47 Å². The van der Waals surface area contributed by atoms with Gasteiger partial charge in [-0.05, 0) is 44.9 Å². The van der Waals surface area contributed by atoms with Gasteiger partial charge in [-0.25, -0.2) is 0 Å². The molecule has 0 bridgehead atoms. The summed E-state index contributed by atoms with van der Waals surface area (Å²) < 4.78 is 10.2. The van der Waals surface area contributed by atoms with Crippen LogP contribution in [0.3, 0.4) is 0 Å². The molecular weight excluding hydrogens is 246 g/mol. The molecule has 1 saturated heterocycles. The van der Waals surface area contributed by atoms with Crippen LogP contribution in [0.5, 0.6) is 0 Å². The fourth-order valence-corrected chi connectivity index (χ4v) is 2.88. The molecule has 5 nitrogen and oxygen atoms in total. The van der Waals surface area contributed by atoms with Gasteiger partial charge < -0.3 is 14.8 Å². The quantitative estimate of drug-likeness (QED) is 0.787. The second-order valence-electron chi connectivity index (χ2n) is 5.44. The van der Waals surface area contributed by atoms with Crippen molar-refractivity contribution in [1.82, 2.24) is 5.32 Å². The van der Waals surface area contributed by atoms with Crippen molar-refractivity contribution in [3.05, 3.63) is 0 Å². The summed E-state index contributed by atoms with van der Waals surface area (Å²) in [5, 5.41) is 3.05. The van der Waals surface area contributed by atoms with Gasteiger partial charge in [0.25, 0.3) is 0 Å². The fraction of sp³-hybridized carbons (Fsp3) is 0.857. The van der Waals surface area contributed by atoms with Crippen LogP contribution in [0, 0.1) is 5.92 Å². The Morgan fingerprint density at radius 1 is 1.11 bits per heavy atom. The Morgan fingerprint density at radius 3 is 2.42 bits per heavy atom. The summed E-state index contributed by atoms with van der Waals surface area (Å²) in [7, 11) is 1.43. The van der Waals surface area contributed by atoms with Crippen LogP contribution < -0.4 is 5.32 Å². The SMILES string of the molecule is COC(=O)C1CCC(NC(=O)C2CCCCO2)CC1. The van der Waals surface area contributed by atoms with E-state index in [1.807, 2.05) is 0 Å². The van der Waals surface area contributed by atoms with Crippen molar-refractivity contribution in [2.45, 2.75) is 57.1 Å². The summed E-state index contributed by atoms with van der Waals surface area (Å²) in [6, 6.07) is 0.180. The maximum absolute atomic E-state index is 12.0. The lowest BCUT2D eigenvalue weighted by Gasteiger charge is -2.29. The normalized spacial score (nSPS) is 31.5. The highest BCUT2D eigenvalue weighted by Gasteiger charge is 2.29. The van der Waals surface area contributed by atoms with Crippen LogP contribution in [0.15, 0.2) is 0 Å². The number of hydrogen-bond donors (Lipinski definition) is 1. The molecule has 0 aromatic carbocycles. The van der Waals surface area contributed by atoms with Crippen molar-refractivity contribution < 1.29 is 19.1 Å². The maximum Gasteiger partial charge on any atom is 0.308 e. The number of rotatable bonds is 3. The predicted molar refractivity (Wildman–Crippen MR) is 69.5 cm³/mol. The summed E-state index contributed by atoms with van der Waals surface area (Å²) in [6.07, 6.45) is 5.94. The summed E-state index contributed by atoms with van der Waals surface area (Å²) in [5.74, 6) is -0.106. The average molecular weight is 269 g/mol. The van der Waals surface area contributed by atoms with Gasteiger partial charge in [0, 0.05) is 12.6 Å². The molecule has 5 heteroatoms. The van der Waals surface area contributed by atoms with Gasteiger partial charge in [-0.15, -0.1) is 0 Å². The molecule has 0 radical (unpaired) electrons. The predicted octanol–water partition coefficient (Wildman–Crippen LogP) is 1.40. The number of nitrogens with one attached hydrogen (secondary N) is 1. The lowest BCUT2D eigenvalue weighted by molar-refractivity contribution is -0.146. The van der Waals surface area contributed by atoms with Crippen LogP contribution in [0.2, 0.25) is 0 Å². The highest BCUT2D eigenvalue weighted by atomic mass is 16.5. The molecule has 1 aliphatic heterocycles. The first kappa shape index (κ1) is 14.3. The molecule has 1 amide bonds. The molecule has 1 saturated carbocycles. The molecule has 0 aromatic heterocycles. The molecule has 2 fully saturated rings. The van der Waals surface area contributed by atoms with E-state index in [1.165, 1.54) is 7.11 Å². The monoisotopic (exact) mass is 269 g/mol. The van der Waals surface area contributed by atoms with Gasteiger partial charge in [-0.3, -0.25) is 9.59 Å². The summed E-state index contributed by atoms with van der Waals surface area (Å²) in [6.45, 7) is 0.688. The number of esters is 1. The molecule has 2 rings (SSSR count). The van der Waals surface area contributed by atoms with Gasteiger partial charge in [0.1, 0.15) is 6.10 Å². The zero-order valence-corrected chi connectivity index (χ0v) is 11.5. The van der Waals surface area contributed by atoms with Crippen LogP contribution in [-0.2, 0) is 19.1 Å². The van der Waals surface area contributed by atoms with E-state index in [2.05, 4.69) is 5.32 Å². The maximum atomic E-state index is 12.0. The number of carbonyl (C=O) groups excluding carboxylic acids is 2. The molecule has 0 aromatic rings. The van der Waals surface area contributed by atoms with Crippen LogP contribution in [0.25, 0.3) is 0 Å².